The number of ether oxygens (including phenoxy) is 2. The molecule has 0 saturated carbocycles. The predicted molar refractivity (Wildman–Crippen MR) is 77.5 cm³/mol. The van der Waals surface area contributed by atoms with Crippen molar-refractivity contribution in [1.29, 1.82) is 0 Å². The van der Waals surface area contributed by atoms with E-state index in [2.05, 4.69) is 11.1 Å². The Morgan fingerprint density at radius 3 is 3.00 bits per heavy atom. The topological polar surface area (TPSA) is 70.4 Å². The Hall–Kier alpha value is -2.63. The lowest BCUT2D eigenvalue weighted by Gasteiger charge is -2.11. The molecule has 0 bridgehead atoms. The molecule has 4 rings (SSSR count). The van der Waals surface area contributed by atoms with Crippen molar-refractivity contribution in [2.45, 2.75) is 25.4 Å². The molecule has 22 heavy (non-hydrogen) atoms. The SMILES string of the molecule is O=C1[C@H](COc2ccc3c(c2)CCC3)Oc2nc(=O)ccn21. The minimum absolute atomic E-state index is 0.0278. The van der Waals surface area contributed by atoms with E-state index in [0.29, 0.717) is 0 Å². The summed E-state index contributed by atoms with van der Waals surface area (Å²) in [6.45, 7) is 0.0924. The fourth-order valence-corrected chi connectivity index (χ4v) is 2.89. The molecule has 0 radical (unpaired) electrons. The first-order valence-corrected chi connectivity index (χ1v) is 7.26. The number of aromatic nitrogens is 2. The molecule has 0 fully saturated rings. The van der Waals surface area contributed by atoms with Gasteiger partial charge in [0.15, 0.2) is 0 Å². The summed E-state index contributed by atoms with van der Waals surface area (Å²) in [7, 11) is 0. The number of benzene rings is 1. The number of fused-ring (bicyclic) bond motifs is 2. The standard InChI is InChI=1S/C16H14N2O4/c19-14-6-7-18-15(20)13(22-16(18)17-14)9-21-12-5-4-10-2-1-3-11(10)8-12/h4-8,13H,1-3,9H2/t13-/m0/s1. The van der Waals surface area contributed by atoms with Crippen LogP contribution in [-0.4, -0.2) is 28.2 Å². The van der Waals surface area contributed by atoms with E-state index in [1.165, 1.54) is 34.4 Å². The maximum atomic E-state index is 12.1. The average Bonchev–Trinajstić information content (AvgIpc) is 3.09. The Balaban J connectivity index is 1.47. The van der Waals surface area contributed by atoms with Gasteiger partial charge >= 0.3 is 6.01 Å². The summed E-state index contributed by atoms with van der Waals surface area (Å²) in [4.78, 5) is 27.0. The van der Waals surface area contributed by atoms with Crippen molar-refractivity contribution in [3.05, 3.63) is 51.9 Å². The Morgan fingerprint density at radius 1 is 1.23 bits per heavy atom. The molecule has 112 valence electrons. The number of hydrogen-bond donors (Lipinski definition) is 0. The number of carbonyl (C=O) groups excluding carboxylic acids is 1. The van der Waals surface area contributed by atoms with Crippen molar-refractivity contribution >= 4 is 5.91 Å². The zero-order valence-electron chi connectivity index (χ0n) is 11.8. The first-order chi connectivity index (χ1) is 10.7. The maximum absolute atomic E-state index is 12.1. The van der Waals surface area contributed by atoms with Crippen LogP contribution in [0.25, 0.3) is 0 Å². The van der Waals surface area contributed by atoms with E-state index in [1.807, 2.05) is 12.1 Å². The fraction of sp³-hybridized carbons (Fsp3) is 0.312. The Labute approximate surface area is 126 Å². The Bertz CT molecular complexity index is 812. The van der Waals surface area contributed by atoms with Crippen LogP contribution in [0.4, 0.5) is 0 Å². The van der Waals surface area contributed by atoms with E-state index in [-0.39, 0.29) is 18.5 Å². The van der Waals surface area contributed by atoms with Crippen LogP contribution in [0.1, 0.15) is 22.3 Å². The van der Waals surface area contributed by atoms with Crippen molar-refractivity contribution in [2.24, 2.45) is 0 Å². The second kappa shape index (κ2) is 4.98. The van der Waals surface area contributed by atoms with Gasteiger partial charge in [0.05, 0.1) is 0 Å². The van der Waals surface area contributed by atoms with Crippen molar-refractivity contribution in [1.82, 2.24) is 9.55 Å². The van der Waals surface area contributed by atoms with Gasteiger partial charge in [-0.25, -0.2) is 4.57 Å². The molecule has 0 N–H and O–H groups in total. The van der Waals surface area contributed by atoms with Gasteiger partial charge in [-0.15, -0.1) is 0 Å². The van der Waals surface area contributed by atoms with E-state index >= 15 is 0 Å². The summed E-state index contributed by atoms with van der Waals surface area (Å²) in [6.07, 6.45) is 3.97. The minimum Gasteiger partial charge on any atom is -0.489 e. The minimum atomic E-state index is -0.775. The van der Waals surface area contributed by atoms with Crippen molar-refractivity contribution in [3.8, 4) is 11.8 Å². The van der Waals surface area contributed by atoms with Crippen molar-refractivity contribution < 1.29 is 14.3 Å². The first-order valence-electron chi connectivity index (χ1n) is 7.26. The molecule has 0 spiro atoms. The highest BCUT2D eigenvalue weighted by molar-refractivity contribution is 5.86. The number of carbonyl (C=O) groups is 1. The molecule has 1 aromatic carbocycles. The third kappa shape index (κ3) is 2.16. The summed E-state index contributed by atoms with van der Waals surface area (Å²) in [6, 6.07) is 7.27. The lowest BCUT2D eigenvalue weighted by atomic mass is 10.1. The summed E-state index contributed by atoms with van der Waals surface area (Å²) in [5, 5.41) is 0. The molecule has 2 heterocycles. The van der Waals surface area contributed by atoms with Gasteiger partial charge < -0.3 is 9.47 Å². The molecule has 0 saturated heterocycles. The number of hydrogen-bond acceptors (Lipinski definition) is 5. The Morgan fingerprint density at radius 2 is 2.09 bits per heavy atom. The van der Waals surface area contributed by atoms with Crippen molar-refractivity contribution in [2.75, 3.05) is 6.61 Å². The van der Waals surface area contributed by atoms with Gasteiger partial charge in [-0.05, 0) is 42.5 Å². The second-order valence-electron chi connectivity index (χ2n) is 5.46. The largest absolute Gasteiger partial charge is 0.489 e. The molecule has 1 aromatic heterocycles. The summed E-state index contributed by atoms with van der Waals surface area (Å²) >= 11 is 0. The fourth-order valence-electron chi connectivity index (χ4n) is 2.89. The van der Waals surface area contributed by atoms with Crippen LogP contribution in [0.15, 0.2) is 35.3 Å². The molecule has 6 heteroatoms. The van der Waals surface area contributed by atoms with Crippen LogP contribution in [0, 0.1) is 0 Å². The zero-order valence-corrected chi connectivity index (χ0v) is 11.8. The predicted octanol–water partition coefficient (Wildman–Crippen LogP) is 1.21. The maximum Gasteiger partial charge on any atom is 0.307 e. The van der Waals surface area contributed by atoms with Gasteiger partial charge in [0.2, 0.25) is 6.10 Å². The quantitative estimate of drug-likeness (QED) is 0.852. The smallest absolute Gasteiger partial charge is 0.307 e. The monoisotopic (exact) mass is 298 g/mol. The van der Waals surface area contributed by atoms with Crippen LogP contribution < -0.4 is 15.0 Å². The highest BCUT2D eigenvalue weighted by Gasteiger charge is 2.33. The van der Waals surface area contributed by atoms with Crippen LogP contribution >= 0.6 is 0 Å². The third-order valence-electron chi connectivity index (χ3n) is 4.01. The molecule has 0 amide bonds. The zero-order chi connectivity index (χ0) is 15.1. The molecule has 1 aliphatic carbocycles. The Kier molecular flexibility index (Phi) is 2.96. The van der Waals surface area contributed by atoms with Gasteiger partial charge in [-0.2, -0.15) is 4.98 Å². The van der Waals surface area contributed by atoms with E-state index in [0.717, 1.165) is 18.6 Å². The summed E-state index contributed by atoms with van der Waals surface area (Å²) < 4.78 is 12.3. The van der Waals surface area contributed by atoms with Crippen LogP contribution in [-0.2, 0) is 12.8 Å². The van der Waals surface area contributed by atoms with Gasteiger partial charge in [0.1, 0.15) is 12.4 Å². The van der Waals surface area contributed by atoms with Gasteiger partial charge in [-0.3, -0.25) is 9.59 Å². The van der Waals surface area contributed by atoms with E-state index in [9.17, 15) is 9.59 Å². The number of rotatable bonds is 3. The number of aryl methyl sites for hydroxylation is 2. The lowest BCUT2D eigenvalue weighted by Crippen LogP contribution is -2.30. The molecular weight excluding hydrogens is 284 g/mol. The molecule has 0 unspecified atom stereocenters. The van der Waals surface area contributed by atoms with E-state index in [1.54, 1.807) is 0 Å². The second-order valence-corrected chi connectivity index (χ2v) is 5.46. The van der Waals surface area contributed by atoms with Gasteiger partial charge in [-0.1, -0.05) is 6.07 Å². The number of nitrogens with zero attached hydrogens (tertiary/aromatic N) is 2. The lowest BCUT2D eigenvalue weighted by molar-refractivity contribution is 0.0726. The molecule has 1 aliphatic heterocycles. The molecule has 2 aromatic rings. The molecule has 2 aliphatic rings. The van der Waals surface area contributed by atoms with Gasteiger partial charge in [0.25, 0.3) is 11.5 Å². The van der Waals surface area contributed by atoms with Crippen LogP contribution in [0.2, 0.25) is 0 Å². The molecule has 1 atom stereocenters. The van der Waals surface area contributed by atoms with E-state index < -0.39 is 11.7 Å². The first kappa shape index (κ1) is 13.1. The van der Waals surface area contributed by atoms with Gasteiger partial charge in [0, 0.05) is 12.3 Å². The van der Waals surface area contributed by atoms with Crippen LogP contribution in [0.3, 0.4) is 0 Å². The van der Waals surface area contributed by atoms with E-state index in [4.69, 9.17) is 9.47 Å². The highest BCUT2D eigenvalue weighted by atomic mass is 16.6. The normalized spacial score (nSPS) is 18.7. The third-order valence-corrected chi connectivity index (χ3v) is 4.01. The molecular formula is C16H14N2O4. The summed E-state index contributed by atoms with van der Waals surface area (Å²) in [5.41, 5.74) is 2.25. The average molecular weight is 298 g/mol. The van der Waals surface area contributed by atoms with Crippen molar-refractivity contribution in [3.63, 3.8) is 0 Å². The summed E-state index contributed by atoms with van der Waals surface area (Å²) in [5.74, 6) is 0.458. The highest BCUT2D eigenvalue weighted by Crippen LogP contribution is 2.26. The molecule has 6 nitrogen and oxygen atoms in total. The van der Waals surface area contributed by atoms with Crippen LogP contribution in [0.5, 0.6) is 11.8 Å².